The van der Waals surface area contributed by atoms with Gasteiger partial charge < -0.3 is 9.47 Å². The van der Waals surface area contributed by atoms with E-state index in [4.69, 9.17) is 9.47 Å². The van der Waals surface area contributed by atoms with Crippen molar-refractivity contribution in [3.63, 3.8) is 0 Å². The van der Waals surface area contributed by atoms with Gasteiger partial charge in [-0.2, -0.15) is 0 Å². The fourth-order valence-corrected chi connectivity index (χ4v) is 4.30. The molecule has 0 unspecified atom stereocenters. The van der Waals surface area contributed by atoms with Gasteiger partial charge in [0, 0.05) is 10.0 Å². The maximum absolute atomic E-state index is 13.4. The zero-order chi connectivity index (χ0) is 27.4. The Kier molecular flexibility index (Phi) is 8.12. The number of imide groups is 2. The van der Waals surface area contributed by atoms with Gasteiger partial charge in [-0.1, -0.05) is 51.8 Å². The number of nitrogens with one attached hydrogen (secondary N) is 1. The van der Waals surface area contributed by atoms with E-state index in [0.29, 0.717) is 35.8 Å². The van der Waals surface area contributed by atoms with Crippen molar-refractivity contribution in [2.24, 2.45) is 0 Å². The minimum atomic E-state index is -0.802. The summed E-state index contributed by atoms with van der Waals surface area (Å²) >= 11 is 3.42. The smallest absolute Gasteiger partial charge is 0.335 e. The molecule has 3 aromatic rings. The summed E-state index contributed by atoms with van der Waals surface area (Å²) in [5.74, 6) is -0.487. The van der Waals surface area contributed by atoms with E-state index in [1.807, 2.05) is 44.2 Å². The summed E-state index contributed by atoms with van der Waals surface area (Å²) in [5.41, 5.74) is 4.50. The number of hydrogen-bond donors (Lipinski definition) is 1. The number of benzene rings is 3. The van der Waals surface area contributed by atoms with Crippen molar-refractivity contribution in [1.82, 2.24) is 5.32 Å². The molecule has 0 bridgehead atoms. The number of halogens is 1. The van der Waals surface area contributed by atoms with Crippen LogP contribution in [0.1, 0.15) is 27.8 Å². The molecule has 1 aliphatic rings. The second-order valence-corrected chi connectivity index (χ2v) is 9.72. The van der Waals surface area contributed by atoms with Gasteiger partial charge in [0.2, 0.25) is 0 Å². The van der Waals surface area contributed by atoms with E-state index in [-0.39, 0.29) is 5.57 Å². The minimum absolute atomic E-state index is 0.176. The summed E-state index contributed by atoms with van der Waals surface area (Å²) in [6.45, 7) is 8.04. The Hall–Kier alpha value is -4.17. The molecule has 1 heterocycles. The second kappa shape index (κ2) is 11.5. The van der Waals surface area contributed by atoms with Crippen LogP contribution >= 0.6 is 15.9 Å². The fraction of sp³-hybridized carbons (Fsp3) is 0.167. The predicted octanol–water partition coefficient (Wildman–Crippen LogP) is 6.05. The molecule has 0 spiro atoms. The van der Waals surface area contributed by atoms with Crippen LogP contribution in [0.15, 0.2) is 77.3 Å². The molecule has 1 fully saturated rings. The van der Waals surface area contributed by atoms with Gasteiger partial charge in [0.1, 0.15) is 12.2 Å². The van der Waals surface area contributed by atoms with Crippen molar-refractivity contribution in [1.29, 1.82) is 0 Å². The Morgan fingerprint density at radius 1 is 1.03 bits per heavy atom. The summed E-state index contributed by atoms with van der Waals surface area (Å²) in [4.78, 5) is 39.6. The highest BCUT2D eigenvalue weighted by molar-refractivity contribution is 9.10. The van der Waals surface area contributed by atoms with Crippen LogP contribution in [0.5, 0.6) is 11.5 Å². The quantitative estimate of drug-likeness (QED) is 0.201. The summed E-state index contributed by atoms with van der Waals surface area (Å²) in [5, 5.41) is 2.26. The molecule has 38 heavy (non-hydrogen) atoms. The highest BCUT2D eigenvalue weighted by atomic mass is 79.9. The normalized spacial score (nSPS) is 14.5. The molecule has 4 amide bonds. The Labute approximate surface area is 229 Å². The van der Waals surface area contributed by atoms with Gasteiger partial charge in [-0.25, -0.2) is 9.69 Å². The molecule has 3 aromatic carbocycles. The lowest BCUT2D eigenvalue weighted by Crippen LogP contribution is -2.54. The van der Waals surface area contributed by atoms with Gasteiger partial charge in [-0.15, -0.1) is 6.58 Å². The number of anilines is 1. The highest BCUT2D eigenvalue weighted by Gasteiger charge is 2.37. The molecule has 4 rings (SSSR count). The van der Waals surface area contributed by atoms with Crippen LogP contribution in [0.4, 0.5) is 10.5 Å². The molecular weight excluding hydrogens is 548 g/mol. The van der Waals surface area contributed by atoms with E-state index < -0.39 is 17.8 Å². The van der Waals surface area contributed by atoms with Crippen molar-refractivity contribution in [2.75, 3.05) is 12.0 Å². The lowest BCUT2D eigenvalue weighted by molar-refractivity contribution is -0.122. The highest BCUT2D eigenvalue weighted by Crippen LogP contribution is 2.35. The SMILES string of the molecule is C=CCc1cc(/C=C2\C(=O)NC(=O)N(c3ccc(Br)c(C)c3)C2=O)cc(OC)c1OCc1ccc(C)cc1. The van der Waals surface area contributed by atoms with Crippen LogP contribution < -0.4 is 19.7 Å². The average Bonchev–Trinajstić information content (AvgIpc) is 2.88. The van der Waals surface area contributed by atoms with Gasteiger partial charge >= 0.3 is 6.03 Å². The first-order valence-corrected chi connectivity index (χ1v) is 12.7. The lowest BCUT2D eigenvalue weighted by Gasteiger charge is -2.27. The number of ether oxygens (including phenoxy) is 2. The zero-order valence-electron chi connectivity index (χ0n) is 21.3. The third kappa shape index (κ3) is 5.70. The molecule has 8 heteroatoms. The molecule has 7 nitrogen and oxygen atoms in total. The largest absolute Gasteiger partial charge is 0.493 e. The summed E-state index contributed by atoms with van der Waals surface area (Å²) in [6, 6.07) is 15.8. The monoisotopic (exact) mass is 574 g/mol. The Morgan fingerprint density at radius 3 is 2.42 bits per heavy atom. The average molecular weight is 575 g/mol. The lowest BCUT2D eigenvalue weighted by atomic mass is 10.0. The molecule has 1 aliphatic heterocycles. The maximum atomic E-state index is 13.4. The Balaban J connectivity index is 1.70. The first kappa shape index (κ1) is 26.9. The van der Waals surface area contributed by atoms with E-state index >= 15 is 0 Å². The molecule has 0 radical (unpaired) electrons. The summed E-state index contributed by atoms with van der Waals surface area (Å²) in [6.07, 6.45) is 3.65. The summed E-state index contributed by atoms with van der Waals surface area (Å²) in [7, 11) is 1.53. The van der Waals surface area contributed by atoms with E-state index in [1.165, 1.54) is 13.2 Å². The van der Waals surface area contributed by atoms with Crippen molar-refractivity contribution in [2.45, 2.75) is 26.9 Å². The number of carbonyl (C=O) groups excluding carboxylic acids is 3. The van der Waals surface area contributed by atoms with Gasteiger partial charge in [-0.3, -0.25) is 14.9 Å². The molecule has 0 aromatic heterocycles. The van der Waals surface area contributed by atoms with E-state index in [0.717, 1.165) is 31.6 Å². The Morgan fingerprint density at radius 2 is 1.76 bits per heavy atom. The third-order valence-corrected chi connectivity index (χ3v) is 6.94. The van der Waals surface area contributed by atoms with Crippen molar-refractivity contribution < 1.29 is 23.9 Å². The van der Waals surface area contributed by atoms with Gasteiger partial charge in [0.25, 0.3) is 11.8 Å². The van der Waals surface area contributed by atoms with Crippen LogP contribution in [-0.2, 0) is 22.6 Å². The maximum Gasteiger partial charge on any atom is 0.335 e. The van der Waals surface area contributed by atoms with Gasteiger partial charge in [0.15, 0.2) is 11.5 Å². The standard InChI is InChI=1S/C30H27BrN2O5/c1-5-6-22-14-21(16-26(37-4)27(22)38-17-20-9-7-18(2)8-10-20)15-24-28(34)32-30(36)33(29(24)35)23-11-12-25(31)19(3)13-23/h5,7-16H,1,6,17H2,2-4H3,(H,32,34,36)/b24-15+. The number of hydrogen-bond acceptors (Lipinski definition) is 5. The van der Waals surface area contributed by atoms with Crippen LogP contribution in [0, 0.1) is 13.8 Å². The van der Waals surface area contributed by atoms with E-state index in [9.17, 15) is 14.4 Å². The van der Waals surface area contributed by atoms with Crippen molar-refractivity contribution in [3.05, 3.63) is 105 Å². The number of methoxy groups -OCH3 is 1. The van der Waals surface area contributed by atoms with Crippen molar-refractivity contribution in [3.8, 4) is 11.5 Å². The first-order chi connectivity index (χ1) is 18.2. The number of nitrogens with zero attached hydrogens (tertiary/aromatic N) is 1. The fourth-order valence-electron chi connectivity index (χ4n) is 4.06. The van der Waals surface area contributed by atoms with Gasteiger partial charge in [0.05, 0.1) is 12.8 Å². The predicted molar refractivity (Wildman–Crippen MR) is 150 cm³/mol. The van der Waals surface area contributed by atoms with Crippen LogP contribution in [0.3, 0.4) is 0 Å². The molecule has 0 atom stereocenters. The van der Waals surface area contributed by atoms with Gasteiger partial charge in [-0.05, 0) is 73.4 Å². The number of allylic oxidation sites excluding steroid dienone is 1. The van der Waals surface area contributed by atoms with Crippen LogP contribution in [0.2, 0.25) is 0 Å². The topological polar surface area (TPSA) is 84.9 Å². The number of carbonyl (C=O) groups is 3. The number of aryl methyl sites for hydroxylation is 2. The molecule has 0 aliphatic carbocycles. The Bertz CT molecular complexity index is 1460. The first-order valence-electron chi connectivity index (χ1n) is 11.9. The number of barbiturate groups is 1. The number of urea groups is 1. The molecule has 0 saturated carbocycles. The van der Waals surface area contributed by atoms with Crippen molar-refractivity contribution >= 4 is 45.5 Å². The van der Waals surface area contributed by atoms with E-state index in [2.05, 4.69) is 27.8 Å². The zero-order valence-corrected chi connectivity index (χ0v) is 22.9. The van der Waals surface area contributed by atoms with Crippen LogP contribution in [0.25, 0.3) is 6.08 Å². The number of amides is 4. The molecular formula is C30H27BrN2O5. The minimum Gasteiger partial charge on any atom is -0.493 e. The second-order valence-electron chi connectivity index (χ2n) is 8.87. The molecule has 194 valence electrons. The van der Waals surface area contributed by atoms with Crippen LogP contribution in [-0.4, -0.2) is 25.0 Å². The molecule has 1 N–H and O–H groups in total. The third-order valence-electron chi connectivity index (χ3n) is 6.05. The summed E-state index contributed by atoms with van der Waals surface area (Å²) < 4.78 is 12.6. The molecule has 1 saturated heterocycles. The van der Waals surface area contributed by atoms with E-state index in [1.54, 1.807) is 30.3 Å². The number of rotatable bonds is 8.